The molecule has 118 valence electrons. The molecule has 1 atom stereocenters. The maximum Gasteiger partial charge on any atom is 0.266 e. The molecule has 0 aromatic heterocycles. The summed E-state index contributed by atoms with van der Waals surface area (Å²) in [6.45, 7) is 1.88. The van der Waals surface area contributed by atoms with E-state index < -0.39 is 6.10 Å². The van der Waals surface area contributed by atoms with Crippen LogP contribution in [0.3, 0.4) is 0 Å². The number of hydrogen-bond donors (Lipinski definition) is 2. The van der Waals surface area contributed by atoms with Crippen LogP contribution in [0.5, 0.6) is 5.75 Å². The molecule has 1 unspecified atom stereocenters. The molecule has 3 rings (SSSR count). The van der Waals surface area contributed by atoms with Gasteiger partial charge in [-0.2, -0.15) is 0 Å². The Bertz CT molecular complexity index is 776. The van der Waals surface area contributed by atoms with Crippen molar-refractivity contribution in [3.8, 4) is 5.75 Å². The van der Waals surface area contributed by atoms with E-state index in [9.17, 15) is 9.59 Å². The summed E-state index contributed by atoms with van der Waals surface area (Å²) < 4.78 is 5.60. The Morgan fingerprint density at radius 3 is 2.87 bits per heavy atom. The lowest BCUT2D eigenvalue weighted by Crippen LogP contribution is -2.39. The van der Waals surface area contributed by atoms with Crippen LogP contribution >= 0.6 is 11.6 Å². The Hall–Kier alpha value is -2.53. The SMILES string of the molecule is Cc1ccc(NC(=O)CC2Oc3ccccc3NC2=O)cc1Cl. The first-order chi connectivity index (χ1) is 11.0. The second-order valence-corrected chi connectivity index (χ2v) is 5.72. The summed E-state index contributed by atoms with van der Waals surface area (Å²) >= 11 is 6.03. The minimum atomic E-state index is -0.856. The van der Waals surface area contributed by atoms with Crippen LogP contribution in [0.4, 0.5) is 11.4 Å². The summed E-state index contributed by atoms with van der Waals surface area (Å²) in [7, 11) is 0. The molecule has 2 aromatic rings. The molecule has 1 aliphatic rings. The van der Waals surface area contributed by atoms with Gasteiger partial charge in [-0.05, 0) is 36.8 Å². The smallest absolute Gasteiger partial charge is 0.266 e. The molecule has 0 saturated carbocycles. The molecule has 0 aliphatic carbocycles. The van der Waals surface area contributed by atoms with E-state index >= 15 is 0 Å². The number of aryl methyl sites for hydroxylation is 1. The van der Waals surface area contributed by atoms with Crippen molar-refractivity contribution in [3.05, 3.63) is 53.1 Å². The predicted octanol–water partition coefficient (Wildman–Crippen LogP) is 3.38. The van der Waals surface area contributed by atoms with Crippen LogP contribution in [0, 0.1) is 6.92 Å². The van der Waals surface area contributed by atoms with Crippen molar-refractivity contribution < 1.29 is 14.3 Å². The Labute approximate surface area is 138 Å². The van der Waals surface area contributed by atoms with Gasteiger partial charge < -0.3 is 15.4 Å². The van der Waals surface area contributed by atoms with E-state index in [1.165, 1.54) is 0 Å². The van der Waals surface area contributed by atoms with Crippen molar-refractivity contribution in [2.45, 2.75) is 19.4 Å². The average Bonchev–Trinajstić information content (AvgIpc) is 2.51. The number of anilines is 2. The van der Waals surface area contributed by atoms with E-state index in [-0.39, 0.29) is 18.2 Å². The first-order valence-electron chi connectivity index (χ1n) is 7.15. The highest BCUT2D eigenvalue weighted by Crippen LogP contribution is 2.29. The second-order valence-electron chi connectivity index (χ2n) is 5.31. The lowest BCUT2D eigenvalue weighted by molar-refractivity contribution is -0.128. The summed E-state index contributed by atoms with van der Waals surface area (Å²) in [5.41, 5.74) is 2.12. The van der Waals surface area contributed by atoms with Gasteiger partial charge in [0.15, 0.2) is 6.10 Å². The van der Waals surface area contributed by atoms with Crippen LogP contribution in [0.1, 0.15) is 12.0 Å². The highest BCUT2D eigenvalue weighted by atomic mass is 35.5. The van der Waals surface area contributed by atoms with Gasteiger partial charge in [-0.3, -0.25) is 9.59 Å². The maximum atomic E-state index is 12.1. The van der Waals surface area contributed by atoms with Gasteiger partial charge in [-0.15, -0.1) is 0 Å². The fourth-order valence-corrected chi connectivity index (χ4v) is 2.46. The molecule has 1 heterocycles. The molecule has 2 aromatic carbocycles. The molecule has 5 nitrogen and oxygen atoms in total. The standard InChI is InChI=1S/C17H15ClN2O3/c1-10-6-7-11(8-12(10)18)19-16(21)9-15-17(22)20-13-4-2-3-5-14(13)23-15/h2-8,15H,9H2,1H3,(H,19,21)(H,20,22). The van der Waals surface area contributed by atoms with E-state index in [4.69, 9.17) is 16.3 Å². The lowest BCUT2D eigenvalue weighted by atomic mass is 10.1. The first-order valence-corrected chi connectivity index (χ1v) is 7.53. The highest BCUT2D eigenvalue weighted by molar-refractivity contribution is 6.31. The summed E-state index contributed by atoms with van der Waals surface area (Å²) in [5, 5.41) is 6.02. The van der Waals surface area contributed by atoms with Gasteiger partial charge in [0.25, 0.3) is 5.91 Å². The van der Waals surface area contributed by atoms with Crippen LogP contribution in [-0.2, 0) is 9.59 Å². The van der Waals surface area contributed by atoms with Crippen LogP contribution < -0.4 is 15.4 Å². The summed E-state index contributed by atoms with van der Waals surface area (Å²) in [6.07, 6.45) is -0.933. The number of benzene rings is 2. The summed E-state index contributed by atoms with van der Waals surface area (Å²) in [5.74, 6) is -0.0893. The van der Waals surface area contributed by atoms with Crippen molar-refractivity contribution in [1.29, 1.82) is 0 Å². The van der Waals surface area contributed by atoms with Crippen molar-refractivity contribution in [3.63, 3.8) is 0 Å². The van der Waals surface area contributed by atoms with Gasteiger partial charge >= 0.3 is 0 Å². The Balaban J connectivity index is 1.66. The number of para-hydroxylation sites is 2. The quantitative estimate of drug-likeness (QED) is 0.906. The zero-order valence-electron chi connectivity index (χ0n) is 12.4. The van der Waals surface area contributed by atoms with E-state index in [2.05, 4.69) is 10.6 Å². The second kappa shape index (κ2) is 6.30. The van der Waals surface area contributed by atoms with Gasteiger partial charge in [0, 0.05) is 10.7 Å². The third kappa shape index (κ3) is 3.46. The number of nitrogens with one attached hydrogen (secondary N) is 2. The Morgan fingerprint density at radius 2 is 2.09 bits per heavy atom. The third-order valence-corrected chi connectivity index (χ3v) is 3.94. The number of amides is 2. The van der Waals surface area contributed by atoms with Gasteiger partial charge in [-0.1, -0.05) is 29.8 Å². The monoisotopic (exact) mass is 330 g/mol. The fraction of sp³-hybridized carbons (Fsp3) is 0.176. The molecule has 0 spiro atoms. The Morgan fingerprint density at radius 1 is 1.30 bits per heavy atom. The number of rotatable bonds is 3. The number of halogens is 1. The van der Waals surface area contributed by atoms with Crippen molar-refractivity contribution in [1.82, 2.24) is 0 Å². The molecule has 23 heavy (non-hydrogen) atoms. The van der Waals surface area contributed by atoms with E-state index in [0.29, 0.717) is 22.1 Å². The van der Waals surface area contributed by atoms with Crippen LogP contribution in [0.15, 0.2) is 42.5 Å². The number of fused-ring (bicyclic) bond motifs is 1. The van der Waals surface area contributed by atoms with Gasteiger partial charge in [-0.25, -0.2) is 0 Å². The molecule has 0 bridgehead atoms. The van der Waals surface area contributed by atoms with Gasteiger partial charge in [0.1, 0.15) is 5.75 Å². The predicted molar refractivity (Wildman–Crippen MR) is 88.9 cm³/mol. The van der Waals surface area contributed by atoms with Crippen LogP contribution in [-0.4, -0.2) is 17.9 Å². The number of hydrogen-bond acceptors (Lipinski definition) is 3. The molecule has 1 aliphatic heterocycles. The van der Waals surface area contributed by atoms with Crippen LogP contribution in [0.25, 0.3) is 0 Å². The molecule has 2 amide bonds. The van der Waals surface area contributed by atoms with E-state index in [1.807, 2.05) is 19.1 Å². The number of carbonyl (C=O) groups is 2. The van der Waals surface area contributed by atoms with E-state index in [1.54, 1.807) is 30.3 Å². The first kappa shape index (κ1) is 15.4. The third-order valence-electron chi connectivity index (χ3n) is 3.53. The van der Waals surface area contributed by atoms with E-state index in [0.717, 1.165) is 5.56 Å². The number of carbonyl (C=O) groups excluding carboxylic acids is 2. The topological polar surface area (TPSA) is 67.4 Å². The normalized spacial score (nSPS) is 16.1. The lowest BCUT2D eigenvalue weighted by Gasteiger charge is -2.25. The zero-order valence-corrected chi connectivity index (χ0v) is 13.2. The fourth-order valence-electron chi connectivity index (χ4n) is 2.28. The van der Waals surface area contributed by atoms with Crippen LogP contribution in [0.2, 0.25) is 5.02 Å². The van der Waals surface area contributed by atoms with Crippen molar-refractivity contribution in [2.75, 3.05) is 10.6 Å². The summed E-state index contributed by atoms with van der Waals surface area (Å²) in [4.78, 5) is 24.1. The molecule has 0 radical (unpaired) electrons. The zero-order chi connectivity index (χ0) is 16.4. The van der Waals surface area contributed by atoms with Crippen molar-refractivity contribution in [2.24, 2.45) is 0 Å². The van der Waals surface area contributed by atoms with Gasteiger partial charge in [0.05, 0.1) is 12.1 Å². The minimum Gasteiger partial charge on any atom is -0.478 e. The Kier molecular flexibility index (Phi) is 4.21. The molecular formula is C17H15ClN2O3. The largest absolute Gasteiger partial charge is 0.478 e. The molecule has 2 N–H and O–H groups in total. The average molecular weight is 331 g/mol. The molecule has 6 heteroatoms. The van der Waals surface area contributed by atoms with Gasteiger partial charge in [0.2, 0.25) is 5.91 Å². The van der Waals surface area contributed by atoms with Crippen molar-refractivity contribution >= 4 is 34.8 Å². The molecule has 0 fully saturated rings. The highest BCUT2D eigenvalue weighted by Gasteiger charge is 2.29. The molecule has 0 saturated heterocycles. The maximum absolute atomic E-state index is 12.1. The summed E-state index contributed by atoms with van der Waals surface area (Å²) in [6, 6.07) is 12.4. The molecular weight excluding hydrogens is 316 g/mol. The minimum absolute atomic E-state index is 0.0777. The number of ether oxygens (including phenoxy) is 1.